The van der Waals surface area contributed by atoms with Crippen molar-refractivity contribution in [3.63, 3.8) is 0 Å². The maximum absolute atomic E-state index is 11.3. The molecule has 0 saturated carbocycles. The summed E-state index contributed by atoms with van der Waals surface area (Å²) < 4.78 is 4.93. The van der Waals surface area contributed by atoms with E-state index in [1.807, 2.05) is 6.92 Å². The van der Waals surface area contributed by atoms with Crippen LogP contribution in [0.25, 0.3) is 11.0 Å². The number of rotatable bonds is 1. The van der Waals surface area contributed by atoms with E-state index in [1.165, 1.54) is 0 Å². The number of hydrogen-bond acceptors (Lipinski definition) is 4. The highest BCUT2D eigenvalue weighted by atomic mass is 16.4. The summed E-state index contributed by atoms with van der Waals surface area (Å²) in [5.74, 6) is 0.427. The Hall–Kier alpha value is -1.71. The first-order valence-electron chi connectivity index (χ1n) is 4.06. The summed E-state index contributed by atoms with van der Waals surface area (Å²) in [5, 5.41) is 0.430. The van der Waals surface area contributed by atoms with Gasteiger partial charge in [-0.2, -0.15) is 4.98 Å². The molecule has 0 atom stereocenters. The molecular formula is C9H8N2O2. The molecule has 2 rings (SSSR count). The van der Waals surface area contributed by atoms with E-state index >= 15 is 0 Å². The van der Waals surface area contributed by atoms with Crippen molar-refractivity contribution in [3.8, 4) is 0 Å². The van der Waals surface area contributed by atoms with E-state index in [0.29, 0.717) is 23.3 Å². The van der Waals surface area contributed by atoms with Crippen LogP contribution in [0.5, 0.6) is 0 Å². The van der Waals surface area contributed by atoms with Crippen molar-refractivity contribution in [2.75, 3.05) is 0 Å². The highest BCUT2D eigenvalue weighted by Crippen LogP contribution is 2.03. The van der Waals surface area contributed by atoms with Gasteiger partial charge in [-0.25, -0.2) is 9.78 Å². The fourth-order valence-electron chi connectivity index (χ4n) is 1.10. The number of pyridine rings is 1. The summed E-state index contributed by atoms with van der Waals surface area (Å²) in [5.41, 5.74) is 0.0885. The molecule has 0 amide bonds. The lowest BCUT2D eigenvalue weighted by molar-refractivity contribution is 0.449. The normalized spacial score (nSPS) is 10.5. The zero-order valence-electron chi connectivity index (χ0n) is 7.15. The third-order valence-corrected chi connectivity index (χ3v) is 1.75. The Balaban J connectivity index is 2.85. The first-order chi connectivity index (χ1) is 6.31. The van der Waals surface area contributed by atoms with E-state index in [2.05, 4.69) is 9.97 Å². The Morgan fingerprint density at radius 2 is 2.38 bits per heavy atom. The fraction of sp³-hybridized carbons (Fsp3) is 0.222. The molecule has 2 aromatic heterocycles. The average Bonchev–Trinajstić information content (AvgIpc) is 2.18. The summed E-state index contributed by atoms with van der Waals surface area (Å²) >= 11 is 0. The molecule has 0 aliphatic carbocycles. The minimum absolute atomic E-state index is 0.366. The molecule has 0 N–H and O–H groups in total. The highest BCUT2D eigenvalue weighted by molar-refractivity contribution is 5.72. The van der Waals surface area contributed by atoms with E-state index < -0.39 is 0 Å². The van der Waals surface area contributed by atoms with Gasteiger partial charge in [0.1, 0.15) is 5.39 Å². The average molecular weight is 176 g/mol. The van der Waals surface area contributed by atoms with Gasteiger partial charge in [-0.05, 0) is 12.1 Å². The van der Waals surface area contributed by atoms with Crippen molar-refractivity contribution >= 4 is 11.0 Å². The molecule has 0 spiro atoms. The third-order valence-electron chi connectivity index (χ3n) is 1.75. The van der Waals surface area contributed by atoms with Crippen LogP contribution >= 0.6 is 0 Å². The van der Waals surface area contributed by atoms with Gasteiger partial charge < -0.3 is 4.42 Å². The first kappa shape index (κ1) is 7.91. The Bertz CT molecular complexity index is 490. The summed E-state index contributed by atoms with van der Waals surface area (Å²) in [6.07, 6.45) is 2.20. The quantitative estimate of drug-likeness (QED) is 0.653. The van der Waals surface area contributed by atoms with Crippen molar-refractivity contribution in [3.05, 3.63) is 34.6 Å². The van der Waals surface area contributed by atoms with E-state index in [9.17, 15) is 4.79 Å². The fourth-order valence-corrected chi connectivity index (χ4v) is 1.10. The summed E-state index contributed by atoms with van der Waals surface area (Å²) in [6, 6.07) is 3.34. The van der Waals surface area contributed by atoms with Crippen LogP contribution in [0.2, 0.25) is 0 Å². The van der Waals surface area contributed by atoms with Crippen molar-refractivity contribution in [1.29, 1.82) is 0 Å². The van der Waals surface area contributed by atoms with Crippen molar-refractivity contribution in [2.45, 2.75) is 13.3 Å². The monoisotopic (exact) mass is 176 g/mol. The standard InChI is InChI=1S/C9H8N2O2/c1-2-7-11-8-6(9(12)13-7)4-3-5-10-8/h3-5H,2H2,1H3. The van der Waals surface area contributed by atoms with Crippen LogP contribution in [0.15, 0.2) is 27.5 Å². The van der Waals surface area contributed by atoms with Gasteiger partial charge in [0, 0.05) is 12.6 Å². The molecule has 0 aliphatic heterocycles. The number of aryl methyl sites for hydroxylation is 1. The van der Waals surface area contributed by atoms with E-state index in [0.717, 1.165) is 0 Å². The number of aromatic nitrogens is 2. The van der Waals surface area contributed by atoms with Crippen LogP contribution in [0.3, 0.4) is 0 Å². The Morgan fingerprint density at radius 3 is 3.15 bits per heavy atom. The van der Waals surface area contributed by atoms with Crippen molar-refractivity contribution in [1.82, 2.24) is 9.97 Å². The molecule has 4 nitrogen and oxygen atoms in total. The van der Waals surface area contributed by atoms with E-state index in [4.69, 9.17) is 4.42 Å². The molecule has 4 heteroatoms. The molecule has 66 valence electrons. The molecule has 0 bridgehead atoms. The van der Waals surface area contributed by atoms with Gasteiger partial charge in [0.25, 0.3) is 0 Å². The van der Waals surface area contributed by atoms with Crippen LogP contribution in [-0.2, 0) is 6.42 Å². The van der Waals surface area contributed by atoms with E-state index in [-0.39, 0.29) is 5.63 Å². The minimum Gasteiger partial charge on any atom is -0.408 e. The van der Waals surface area contributed by atoms with Gasteiger partial charge in [0.2, 0.25) is 0 Å². The van der Waals surface area contributed by atoms with Crippen LogP contribution in [0, 0.1) is 0 Å². The largest absolute Gasteiger partial charge is 0.408 e. The van der Waals surface area contributed by atoms with Gasteiger partial charge in [-0.1, -0.05) is 6.92 Å². The second-order valence-electron chi connectivity index (χ2n) is 2.62. The van der Waals surface area contributed by atoms with Gasteiger partial charge in [0.05, 0.1) is 0 Å². The van der Waals surface area contributed by atoms with Crippen LogP contribution in [0.1, 0.15) is 12.8 Å². The maximum atomic E-state index is 11.3. The summed E-state index contributed by atoms with van der Waals surface area (Å²) in [6.45, 7) is 1.88. The molecule has 13 heavy (non-hydrogen) atoms. The van der Waals surface area contributed by atoms with Crippen LogP contribution in [0.4, 0.5) is 0 Å². The lowest BCUT2D eigenvalue weighted by Crippen LogP contribution is -2.05. The van der Waals surface area contributed by atoms with Gasteiger partial charge in [0.15, 0.2) is 11.5 Å². The predicted molar refractivity (Wildman–Crippen MR) is 47.5 cm³/mol. The second-order valence-corrected chi connectivity index (χ2v) is 2.62. The molecule has 0 radical (unpaired) electrons. The zero-order valence-corrected chi connectivity index (χ0v) is 7.15. The molecule has 0 unspecified atom stereocenters. The van der Waals surface area contributed by atoms with E-state index in [1.54, 1.807) is 18.3 Å². The first-order valence-corrected chi connectivity index (χ1v) is 4.06. The van der Waals surface area contributed by atoms with Crippen molar-refractivity contribution in [2.24, 2.45) is 0 Å². The Morgan fingerprint density at radius 1 is 1.54 bits per heavy atom. The molecule has 0 fully saturated rings. The Labute approximate surface area is 74.2 Å². The topological polar surface area (TPSA) is 56.0 Å². The summed E-state index contributed by atoms with van der Waals surface area (Å²) in [7, 11) is 0. The number of fused-ring (bicyclic) bond motifs is 1. The van der Waals surface area contributed by atoms with Gasteiger partial charge in [-0.15, -0.1) is 0 Å². The summed E-state index contributed by atoms with van der Waals surface area (Å²) in [4.78, 5) is 19.4. The van der Waals surface area contributed by atoms with Crippen LogP contribution in [-0.4, -0.2) is 9.97 Å². The lowest BCUT2D eigenvalue weighted by Gasteiger charge is -1.96. The minimum atomic E-state index is -0.366. The number of nitrogens with zero attached hydrogens (tertiary/aromatic N) is 2. The molecule has 2 aromatic rings. The SMILES string of the molecule is CCc1nc2ncccc2c(=O)o1. The third kappa shape index (κ3) is 1.30. The molecule has 0 aliphatic rings. The second kappa shape index (κ2) is 2.97. The predicted octanol–water partition coefficient (Wildman–Crippen LogP) is 1.15. The molecular weight excluding hydrogens is 168 g/mol. The van der Waals surface area contributed by atoms with Crippen molar-refractivity contribution < 1.29 is 4.42 Å². The zero-order chi connectivity index (χ0) is 9.26. The smallest absolute Gasteiger partial charge is 0.348 e. The van der Waals surface area contributed by atoms with Gasteiger partial charge in [-0.3, -0.25) is 0 Å². The lowest BCUT2D eigenvalue weighted by atomic mass is 10.3. The van der Waals surface area contributed by atoms with Gasteiger partial charge >= 0.3 is 5.63 Å². The molecule has 2 heterocycles. The highest BCUT2D eigenvalue weighted by Gasteiger charge is 2.03. The molecule has 0 saturated heterocycles. The molecule has 0 aromatic carbocycles. The maximum Gasteiger partial charge on any atom is 0.348 e. The van der Waals surface area contributed by atoms with Crippen LogP contribution < -0.4 is 5.63 Å². The number of hydrogen-bond donors (Lipinski definition) is 0. The Kier molecular flexibility index (Phi) is 1.81.